The van der Waals surface area contributed by atoms with Crippen molar-refractivity contribution in [3.63, 3.8) is 0 Å². The maximum absolute atomic E-state index is 13.1. The quantitative estimate of drug-likeness (QED) is 0.337. The van der Waals surface area contributed by atoms with Crippen LogP contribution in [0.5, 0.6) is 5.75 Å². The Morgan fingerprint density at radius 3 is 2.61 bits per heavy atom. The van der Waals surface area contributed by atoms with Gasteiger partial charge in [-0.3, -0.25) is 10.1 Å². The van der Waals surface area contributed by atoms with E-state index >= 15 is 0 Å². The molecule has 1 aliphatic heterocycles. The normalized spacial score (nSPS) is 13.1. The van der Waals surface area contributed by atoms with Gasteiger partial charge in [-0.15, -0.1) is 0 Å². The molecule has 0 bridgehead atoms. The summed E-state index contributed by atoms with van der Waals surface area (Å²) >= 11 is 0. The van der Waals surface area contributed by atoms with Crippen LogP contribution in [0.15, 0.2) is 73.1 Å². The van der Waals surface area contributed by atoms with Crippen LogP contribution >= 0.6 is 0 Å². The second-order valence-electron chi connectivity index (χ2n) is 8.71. The topological polar surface area (TPSA) is 118 Å². The van der Waals surface area contributed by atoms with Crippen LogP contribution in [0.25, 0.3) is 10.8 Å². The summed E-state index contributed by atoms with van der Waals surface area (Å²) in [6.45, 7) is 2.60. The highest BCUT2D eigenvalue weighted by Crippen LogP contribution is 2.23. The minimum Gasteiger partial charge on any atom is -0.497 e. The average Bonchev–Trinajstić information content (AvgIpc) is 2.96. The van der Waals surface area contributed by atoms with E-state index in [1.165, 1.54) is 0 Å². The van der Waals surface area contributed by atoms with E-state index < -0.39 is 0 Å². The molecule has 0 atom stereocenters. The fourth-order valence-electron chi connectivity index (χ4n) is 4.14. The highest BCUT2D eigenvalue weighted by Gasteiger charge is 2.17. The van der Waals surface area contributed by atoms with Crippen LogP contribution in [0.1, 0.15) is 15.9 Å². The summed E-state index contributed by atoms with van der Waals surface area (Å²) in [5.41, 5.74) is 2.06. The van der Waals surface area contributed by atoms with Crippen molar-refractivity contribution in [2.45, 2.75) is 6.54 Å². The smallest absolute Gasteiger partial charge is 0.323 e. The number of nitrogens with zero attached hydrogens (tertiary/aromatic N) is 3. The molecule has 0 aliphatic carbocycles. The molecule has 0 saturated carbocycles. The number of benzene rings is 2. The molecule has 10 heteroatoms. The second kappa shape index (κ2) is 11.6. The highest BCUT2D eigenvalue weighted by molar-refractivity contribution is 6.08. The molecule has 194 valence electrons. The number of para-hydroxylation sites is 1. The summed E-state index contributed by atoms with van der Waals surface area (Å²) in [4.78, 5) is 35.9. The summed E-state index contributed by atoms with van der Waals surface area (Å²) in [5, 5.41) is 10.9. The summed E-state index contributed by atoms with van der Waals surface area (Å²) in [5.74, 6) is 1.39. The van der Waals surface area contributed by atoms with Gasteiger partial charge in [0.15, 0.2) is 0 Å². The van der Waals surface area contributed by atoms with E-state index in [0.717, 1.165) is 22.1 Å². The third-order valence-corrected chi connectivity index (χ3v) is 6.18. The fourth-order valence-corrected chi connectivity index (χ4v) is 4.14. The van der Waals surface area contributed by atoms with Gasteiger partial charge in [-0.05, 0) is 53.4 Å². The molecule has 1 saturated heterocycles. The highest BCUT2D eigenvalue weighted by atomic mass is 16.5. The van der Waals surface area contributed by atoms with E-state index in [0.29, 0.717) is 55.7 Å². The second-order valence-corrected chi connectivity index (χ2v) is 8.71. The van der Waals surface area contributed by atoms with Crippen molar-refractivity contribution in [1.82, 2.24) is 14.9 Å². The van der Waals surface area contributed by atoms with Crippen molar-refractivity contribution < 1.29 is 19.1 Å². The van der Waals surface area contributed by atoms with Crippen molar-refractivity contribution in [2.24, 2.45) is 0 Å². The van der Waals surface area contributed by atoms with Gasteiger partial charge in [-0.25, -0.2) is 14.8 Å². The molecule has 4 aromatic rings. The number of fused-ring (bicyclic) bond motifs is 1. The molecule has 3 N–H and O–H groups in total. The number of carbonyl (C=O) groups is 2. The van der Waals surface area contributed by atoms with E-state index in [1.807, 2.05) is 54.6 Å². The predicted octanol–water partition coefficient (Wildman–Crippen LogP) is 4.37. The van der Waals surface area contributed by atoms with Crippen LogP contribution in [-0.2, 0) is 11.3 Å². The summed E-state index contributed by atoms with van der Waals surface area (Å²) < 4.78 is 10.6. The van der Waals surface area contributed by atoms with E-state index in [1.54, 1.807) is 30.5 Å². The number of pyridine rings is 2. The first-order valence-corrected chi connectivity index (χ1v) is 12.3. The van der Waals surface area contributed by atoms with Crippen LogP contribution in [0.4, 0.5) is 22.1 Å². The zero-order valence-corrected chi connectivity index (χ0v) is 20.9. The molecule has 0 radical (unpaired) electrons. The van der Waals surface area contributed by atoms with Crippen LogP contribution in [-0.4, -0.2) is 60.2 Å². The average molecular weight is 513 g/mol. The summed E-state index contributed by atoms with van der Waals surface area (Å²) in [6, 6.07) is 18.2. The van der Waals surface area contributed by atoms with Crippen LogP contribution in [0.2, 0.25) is 0 Å². The van der Waals surface area contributed by atoms with Gasteiger partial charge in [-0.1, -0.05) is 18.2 Å². The third kappa shape index (κ3) is 5.98. The fraction of sp³-hybridized carbons (Fsp3) is 0.214. The number of methoxy groups -OCH3 is 1. The monoisotopic (exact) mass is 512 g/mol. The molecular formula is C28H28N6O4. The minimum atomic E-state index is -0.276. The number of amides is 3. The van der Waals surface area contributed by atoms with E-state index in [2.05, 4.69) is 25.9 Å². The molecular weight excluding hydrogens is 484 g/mol. The number of aromatic nitrogens is 2. The minimum absolute atomic E-state index is 0.200. The van der Waals surface area contributed by atoms with Gasteiger partial charge < -0.3 is 25.0 Å². The van der Waals surface area contributed by atoms with Crippen molar-refractivity contribution in [1.29, 1.82) is 0 Å². The Morgan fingerprint density at radius 1 is 0.947 bits per heavy atom. The third-order valence-electron chi connectivity index (χ3n) is 6.18. The lowest BCUT2D eigenvalue weighted by molar-refractivity contribution is 0.0564. The molecule has 3 heterocycles. The van der Waals surface area contributed by atoms with Gasteiger partial charge in [0.2, 0.25) is 0 Å². The molecule has 2 aromatic carbocycles. The number of rotatable bonds is 7. The Bertz CT molecular complexity index is 1450. The van der Waals surface area contributed by atoms with Crippen molar-refractivity contribution in [3.05, 3.63) is 84.2 Å². The van der Waals surface area contributed by atoms with Gasteiger partial charge in [0, 0.05) is 43.1 Å². The Hall–Kier alpha value is -4.70. The first-order chi connectivity index (χ1) is 18.6. The van der Waals surface area contributed by atoms with Gasteiger partial charge >= 0.3 is 6.03 Å². The number of morpholine rings is 1. The molecule has 5 rings (SSSR count). The number of hydrogen-bond acceptors (Lipinski definition) is 7. The number of carbonyl (C=O) groups excluding carboxylic acids is 2. The first kappa shape index (κ1) is 25.0. The lowest BCUT2D eigenvalue weighted by atomic mass is 10.1. The Balaban J connectivity index is 1.24. The standard InChI is InChI=1S/C28H28N6O4/c1-37-22-7-6-20-16-26(31-18-21(20)15-22)32-27(35)23-4-2-3-5-24(23)30-17-19-8-9-29-25(14-19)33-28(36)34-10-12-38-13-11-34/h2-9,14-16,18,30H,10-13,17H2,1H3,(H,29,33,36)(H,31,32,35). The Morgan fingerprint density at radius 2 is 1.76 bits per heavy atom. The summed E-state index contributed by atoms with van der Waals surface area (Å²) in [7, 11) is 1.62. The summed E-state index contributed by atoms with van der Waals surface area (Å²) in [6.07, 6.45) is 3.35. The zero-order valence-electron chi connectivity index (χ0n) is 20.9. The van der Waals surface area contributed by atoms with E-state index in [-0.39, 0.29) is 11.9 Å². The van der Waals surface area contributed by atoms with E-state index in [4.69, 9.17) is 9.47 Å². The molecule has 2 aromatic heterocycles. The number of ether oxygens (including phenoxy) is 2. The molecule has 0 unspecified atom stereocenters. The zero-order chi connectivity index (χ0) is 26.3. The predicted molar refractivity (Wildman–Crippen MR) is 146 cm³/mol. The molecule has 0 spiro atoms. The molecule has 10 nitrogen and oxygen atoms in total. The number of urea groups is 1. The first-order valence-electron chi connectivity index (χ1n) is 12.3. The molecule has 1 aliphatic rings. The van der Waals surface area contributed by atoms with Crippen molar-refractivity contribution in [3.8, 4) is 5.75 Å². The van der Waals surface area contributed by atoms with Crippen molar-refractivity contribution >= 4 is 40.0 Å². The maximum atomic E-state index is 13.1. The Labute approximate surface area is 220 Å². The van der Waals surface area contributed by atoms with E-state index in [9.17, 15) is 9.59 Å². The Kier molecular flexibility index (Phi) is 7.60. The molecule has 38 heavy (non-hydrogen) atoms. The van der Waals surface area contributed by atoms with Crippen molar-refractivity contribution in [2.75, 3.05) is 49.4 Å². The number of anilines is 3. The molecule has 3 amide bonds. The SMILES string of the molecule is COc1ccc2cc(NC(=O)c3ccccc3NCc3ccnc(NC(=O)N4CCOCC4)c3)ncc2c1. The van der Waals surface area contributed by atoms with Crippen LogP contribution in [0.3, 0.4) is 0 Å². The largest absolute Gasteiger partial charge is 0.497 e. The van der Waals surface area contributed by atoms with Crippen LogP contribution < -0.4 is 20.7 Å². The van der Waals surface area contributed by atoms with Gasteiger partial charge in [0.25, 0.3) is 5.91 Å². The van der Waals surface area contributed by atoms with Crippen LogP contribution in [0, 0.1) is 0 Å². The van der Waals surface area contributed by atoms with Gasteiger partial charge in [0.1, 0.15) is 17.4 Å². The lowest BCUT2D eigenvalue weighted by Crippen LogP contribution is -2.43. The lowest BCUT2D eigenvalue weighted by Gasteiger charge is -2.26. The number of nitrogens with one attached hydrogen (secondary N) is 3. The number of hydrogen-bond donors (Lipinski definition) is 3. The van der Waals surface area contributed by atoms with Gasteiger partial charge in [0.05, 0.1) is 25.9 Å². The van der Waals surface area contributed by atoms with Gasteiger partial charge in [-0.2, -0.15) is 0 Å². The molecule has 1 fully saturated rings. The maximum Gasteiger partial charge on any atom is 0.323 e.